The summed E-state index contributed by atoms with van der Waals surface area (Å²) >= 11 is 0. The van der Waals surface area contributed by atoms with Gasteiger partial charge in [0.2, 0.25) is 0 Å². The molecular formula is C21H42N6O. The second-order valence-corrected chi connectivity index (χ2v) is 8.88. The van der Waals surface area contributed by atoms with Crippen LogP contribution in [0.1, 0.15) is 39.0 Å². The van der Waals surface area contributed by atoms with E-state index in [0.29, 0.717) is 6.04 Å². The summed E-state index contributed by atoms with van der Waals surface area (Å²) in [6, 6.07) is 0.523. The van der Waals surface area contributed by atoms with E-state index in [-0.39, 0.29) is 5.54 Å². The van der Waals surface area contributed by atoms with Crippen LogP contribution in [-0.2, 0) is 4.74 Å². The first-order valence-electron chi connectivity index (χ1n) is 11.3. The topological polar surface area (TPSA) is 55.4 Å². The Balaban J connectivity index is 1.48. The maximum Gasteiger partial charge on any atom is 0.191 e. The lowest BCUT2D eigenvalue weighted by atomic mass is 9.80. The first-order valence-corrected chi connectivity index (χ1v) is 11.3. The molecule has 7 heteroatoms. The fourth-order valence-corrected chi connectivity index (χ4v) is 4.96. The van der Waals surface area contributed by atoms with Crippen molar-refractivity contribution in [1.29, 1.82) is 0 Å². The molecule has 28 heavy (non-hydrogen) atoms. The van der Waals surface area contributed by atoms with E-state index < -0.39 is 0 Å². The van der Waals surface area contributed by atoms with Gasteiger partial charge in [-0.25, -0.2) is 0 Å². The highest BCUT2D eigenvalue weighted by Crippen LogP contribution is 2.33. The summed E-state index contributed by atoms with van der Waals surface area (Å²) in [5, 5.41) is 7.25. The summed E-state index contributed by atoms with van der Waals surface area (Å²) in [4.78, 5) is 12.2. The van der Waals surface area contributed by atoms with Crippen LogP contribution in [0, 0.1) is 0 Å². The van der Waals surface area contributed by atoms with Crippen LogP contribution in [-0.4, -0.2) is 112 Å². The van der Waals surface area contributed by atoms with Crippen LogP contribution in [0.15, 0.2) is 4.99 Å². The van der Waals surface area contributed by atoms with E-state index in [1.807, 2.05) is 7.05 Å². The lowest BCUT2D eigenvalue weighted by Crippen LogP contribution is -2.61. The van der Waals surface area contributed by atoms with Crippen molar-refractivity contribution in [2.75, 3.05) is 79.7 Å². The fourth-order valence-electron chi connectivity index (χ4n) is 4.96. The molecule has 0 aromatic heterocycles. The molecule has 3 rings (SSSR count). The van der Waals surface area contributed by atoms with Crippen molar-refractivity contribution < 1.29 is 4.74 Å². The molecule has 0 amide bonds. The van der Waals surface area contributed by atoms with Crippen molar-refractivity contribution in [3.05, 3.63) is 0 Å². The third kappa shape index (κ3) is 5.81. The minimum Gasteiger partial charge on any atom is -0.379 e. The second kappa shape index (κ2) is 10.8. The van der Waals surface area contributed by atoms with Crippen LogP contribution in [0.3, 0.4) is 0 Å². The smallest absolute Gasteiger partial charge is 0.191 e. The van der Waals surface area contributed by atoms with Crippen molar-refractivity contribution >= 4 is 5.96 Å². The van der Waals surface area contributed by atoms with E-state index in [4.69, 9.17) is 4.74 Å². The summed E-state index contributed by atoms with van der Waals surface area (Å²) < 4.78 is 5.61. The highest BCUT2D eigenvalue weighted by Gasteiger charge is 2.38. The van der Waals surface area contributed by atoms with Crippen LogP contribution in [0.4, 0.5) is 0 Å². The monoisotopic (exact) mass is 394 g/mol. The summed E-state index contributed by atoms with van der Waals surface area (Å²) in [7, 11) is 4.10. The van der Waals surface area contributed by atoms with Crippen molar-refractivity contribution in [3.8, 4) is 0 Å². The molecule has 2 heterocycles. The summed E-state index contributed by atoms with van der Waals surface area (Å²) in [6.07, 6.45) is 6.63. The number of hydrogen-bond donors (Lipinski definition) is 2. The zero-order valence-corrected chi connectivity index (χ0v) is 18.4. The van der Waals surface area contributed by atoms with Gasteiger partial charge in [-0.2, -0.15) is 0 Å². The van der Waals surface area contributed by atoms with E-state index in [1.54, 1.807) is 0 Å². The SMILES string of the molecule is CN=C(NCC(C)N1CCN(C)CC1)NCC1(N2CCOCC2)CCCCC1. The maximum atomic E-state index is 5.61. The molecule has 2 saturated heterocycles. The number of ether oxygens (including phenoxy) is 1. The number of aliphatic imine (C=N–C) groups is 1. The van der Waals surface area contributed by atoms with Crippen LogP contribution >= 0.6 is 0 Å². The van der Waals surface area contributed by atoms with E-state index in [0.717, 1.165) is 58.4 Å². The Morgan fingerprint density at radius 3 is 2.32 bits per heavy atom. The minimum absolute atomic E-state index is 0.267. The van der Waals surface area contributed by atoms with Gasteiger partial charge in [-0.3, -0.25) is 14.8 Å². The van der Waals surface area contributed by atoms with Crippen LogP contribution in [0.2, 0.25) is 0 Å². The molecule has 1 unspecified atom stereocenters. The van der Waals surface area contributed by atoms with Crippen molar-refractivity contribution in [2.45, 2.75) is 50.6 Å². The molecule has 3 fully saturated rings. The van der Waals surface area contributed by atoms with E-state index in [9.17, 15) is 0 Å². The van der Waals surface area contributed by atoms with Gasteiger partial charge in [0, 0.05) is 71.0 Å². The number of guanidine groups is 1. The Kier molecular flexibility index (Phi) is 8.38. The average Bonchev–Trinajstić information content (AvgIpc) is 2.75. The second-order valence-electron chi connectivity index (χ2n) is 8.88. The van der Waals surface area contributed by atoms with E-state index in [1.165, 1.54) is 45.2 Å². The number of morpholine rings is 1. The Bertz CT molecular complexity index is 479. The fraction of sp³-hybridized carbons (Fsp3) is 0.952. The molecule has 0 bridgehead atoms. The lowest BCUT2D eigenvalue weighted by molar-refractivity contribution is -0.0352. The van der Waals surface area contributed by atoms with Crippen LogP contribution in [0.25, 0.3) is 0 Å². The largest absolute Gasteiger partial charge is 0.379 e. The number of rotatable bonds is 6. The Labute approximate surface area is 171 Å². The molecule has 162 valence electrons. The molecule has 1 atom stereocenters. The Morgan fingerprint density at radius 1 is 1.00 bits per heavy atom. The van der Waals surface area contributed by atoms with E-state index in [2.05, 4.69) is 44.3 Å². The van der Waals surface area contributed by atoms with Gasteiger partial charge in [0.05, 0.1) is 13.2 Å². The third-order valence-electron chi connectivity index (χ3n) is 7.00. The predicted molar refractivity (Wildman–Crippen MR) is 116 cm³/mol. The van der Waals surface area contributed by atoms with Gasteiger partial charge < -0.3 is 20.3 Å². The van der Waals surface area contributed by atoms with Gasteiger partial charge in [0.15, 0.2) is 5.96 Å². The van der Waals surface area contributed by atoms with Gasteiger partial charge in [-0.1, -0.05) is 19.3 Å². The Morgan fingerprint density at radius 2 is 1.68 bits per heavy atom. The van der Waals surface area contributed by atoms with Crippen LogP contribution < -0.4 is 10.6 Å². The molecule has 0 aromatic rings. The van der Waals surface area contributed by atoms with Crippen molar-refractivity contribution in [3.63, 3.8) is 0 Å². The maximum absolute atomic E-state index is 5.61. The first kappa shape index (κ1) is 21.8. The Hall–Kier alpha value is -0.890. The molecule has 2 N–H and O–H groups in total. The molecule has 7 nitrogen and oxygen atoms in total. The van der Waals surface area contributed by atoms with Crippen LogP contribution in [0.5, 0.6) is 0 Å². The molecule has 1 aliphatic carbocycles. The third-order valence-corrected chi connectivity index (χ3v) is 7.00. The molecule has 2 aliphatic heterocycles. The van der Waals surface area contributed by atoms with Crippen molar-refractivity contribution in [2.24, 2.45) is 4.99 Å². The molecule has 1 saturated carbocycles. The zero-order valence-electron chi connectivity index (χ0n) is 18.4. The summed E-state index contributed by atoms with van der Waals surface area (Å²) in [5.41, 5.74) is 0.267. The normalized spacial score (nSPS) is 26.8. The lowest BCUT2D eigenvalue weighted by Gasteiger charge is -2.48. The highest BCUT2D eigenvalue weighted by molar-refractivity contribution is 5.79. The summed E-state index contributed by atoms with van der Waals surface area (Å²) in [6.45, 7) is 12.8. The highest BCUT2D eigenvalue weighted by atomic mass is 16.5. The number of piperazine rings is 1. The number of likely N-dealkylation sites (N-methyl/N-ethyl adjacent to an activating group) is 1. The minimum atomic E-state index is 0.267. The average molecular weight is 395 g/mol. The zero-order chi connectivity index (χ0) is 19.8. The van der Waals surface area contributed by atoms with Crippen molar-refractivity contribution in [1.82, 2.24) is 25.3 Å². The molecule has 0 aromatic carbocycles. The molecule has 0 radical (unpaired) electrons. The number of nitrogens with zero attached hydrogens (tertiary/aromatic N) is 4. The van der Waals surface area contributed by atoms with E-state index >= 15 is 0 Å². The predicted octanol–water partition coefficient (Wildman–Crippen LogP) is 0.822. The van der Waals surface area contributed by atoms with Gasteiger partial charge in [0.25, 0.3) is 0 Å². The number of nitrogens with one attached hydrogen (secondary N) is 2. The van der Waals surface area contributed by atoms with Gasteiger partial charge in [-0.15, -0.1) is 0 Å². The molecule has 3 aliphatic rings. The molecular weight excluding hydrogens is 352 g/mol. The van der Waals surface area contributed by atoms with Gasteiger partial charge in [0.1, 0.15) is 0 Å². The number of hydrogen-bond acceptors (Lipinski definition) is 5. The quantitative estimate of drug-likeness (QED) is 0.514. The summed E-state index contributed by atoms with van der Waals surface area (Å²) in [5.74, 6) is 0.944. The molecule has 0 spiro atoms. The standard InChI is InChI=1S/C21H42N6O/c1-19(26-11-9-25(3)10-12-26)17-23-20(22-2)24-18-21(7-5-4-6-8-21)27-13-15-28-16-14-27/h19H,4-18H2,1-3H3,(H2,22,23,24). The van der Waals surface area contributed by atoms with Gasteiger partial charge >= 0.3 is 0 Å². The first-order chi connectivity index (χ1) is 13.6. The van der Waals surface area contributed by atoms with Gasteiger partial charge in [-0.05, 0) is 26.8 Å².